The molecule has 0 fully saturated rings. The molecule has 0 radical (unpaired) electrons. The number of aromatic nitrogens is 3. The summed E-state index contributed by atoms with van der Waals surface area (Å²) in [7, 11) is 1.92. The summed E-state index contributed by atoms with van der Waals surface area (Å²) < 4.78 is 1.92. The molecule has 0 atom stereocenters. The summed E-state index contributed by atoms with van der Waals surface area (Å²) in [6, 6.07) is 20.2. The number of carbonyl (C=O) groups is 1. The summed E-state index contributed by atoms with van der Waals surface area (Å²) in [6.45, 7) is 0.688. The van der Waals surface area contributed by atoms with E-state index in [0.717, 1.165) is 28.7 Å². The maximum absolute atomic E-state index is 12.0. The summed E-state index contributed by atoms with van der Waals surface area (Å²) in [5.41, 5.74) is 1.01. The highest BCUT2D eigenvalue weighted by Crippen LogP contribution is 2.22. The molecular weight excluding hydrogens is 376 g/mol. The van der Waals surface area contributed by atoms with Crippen molar-refractivity contribution in [3.63, 3.8) is 0 Å². The zero-order valence-corrected chi connectivity index (χ0v) is 16.8. The average Bonchev–Trinajstić information content (AvgIpc) is 3.08. The SMILES string of the molecule is Cn1c(SCC(=O)NCCCSc2ccccc2)nnc1-c1ccccc1. The molecule has 0 saturated carbocycles. The van der Waals surface area contributed by atoms with E-state index in [1.807, 2.05) is 60.1 Å². The topological polar surface area (TPSA) is 59.8 Å². The van der Waals surface area contributed by atoms with Gasteiger partial charge in [-0.1, -0.05) is 60.3 Å². The van der Waals surface area contributed by atoms with E-state index in [1.54, 1.807) is 11.8 Å². The van der Waals surface area contributed by atoms with Crippen molar-refractivity contribution in [3.05, 3.63) is 60.7 Å². The van der Waals surface area contributed by atoms with Crippen molar-refractivity contribution >= 4 is 29.4 Å². The normalized spacial score (nSPS) is 10.7. The molecule has 1 N–H and O–H groups in total. The minimum Gasteiger partial charge on any atom is -0.355 e. The van der Waals surface area contributed by atoms with Crippen LogP contribution in [0.5, 0.6) is 0 Å². The number of nitrogens with one attached hydrogen (secondary N) is 1. The van der Waals surface area contributed by atoms with E-state index in [9.17, 15) is 4.79 Å². The summed E-state index contributed by atoms with van der Waals surface area (Å²) in [5, 5.41) is 12.1. The van der Waals surface area contributed by atoms with Crippen molar-refractivity contribution in [2.75, 3.05) is 18.1 Å². The highest BCUT2D eigenvalue weighted by molar-refractivity contribution is 7.99. The molecule has 1 heterocycles. The second kappa shape index (κ2) is 10.2. The highest BCUT2D eigenvalue weighted by atomic mass is 32.2. The summed E-state index contributed by atoms with van der Waals surface area (Å²) >= 11 is 3.21. The Balaban J connectivity index is 1.38. The number of thioether (sulfide) groups is 2. The molecular formula is C20H22N4OS2. The lowest BCUT2D eigenvalue weighted by molar-refractivity contribution is -0.118. The molecule has 3 rings (SSSR count). The third kappa shape index (κ3) is 5.87. The third-order valence-electron chi connectivity index (χ3n) is 3.85. The number of amides is 1. The molecule has 2 aromatic carbocycles. The Bertz CT molecular complexity index is 853. The van der Waals surface area contributed by atoms with Gasteiger partial charge >= 0.3 is 0 Å². The standard InChI is InChI=1S/C20H22N4OS2/c1-24-19(16-9-4-2-5-10-16)22-23-20(24)27-15-18(25)21-13-8-14-26-17-11-6-3-7-12-17/h2-7,9-12H,8,13-15H2,1H3,(H,21,25). The van der Waals surface area contributed by atoms with Crippen LogP contribution in [-0.2, 0) is 11.8 Å². The van der Waals surface area contributed by atoms with Crippen LogP contribution in [0.1, 0.15) is 6.42 Å². The van der Waals surface area contributed by atoms with Crippen LogP contribution in [-0.4, -0.2) is 38.7 Å². The lowest BCUT2D eigenvalue weighted by atomic mass is 10.2. The quantitative estimate of drug-likeness (QED) is 0.438. The van der Waals surface area contributed by atoms with Crippen molar-refractivity contribution in [2.45, 2.75) is 16.5 Å². The first kappa shape index (κ1) is 19.5. The van der Waals surface area contributed by atoms with Crippen LogP contribution in [0, 0.1) is 0 Å². The van der Waals surface area contributed by atoms with Crippen molar-refractivity contribution in [1.82, 2.24) is 20.1 Å². The van der Waals surface area contributed by atoms with Gasteiger partial charge in [0.15, 0.2) is 11.0 Å². The fourth-order valence-electron chi connectivity index (χ4n) is 2.47. The first-order chi connectivity index (χ1) is 13.2. The van der Waals surface area contributed by atoms with E-state index in [4.69, 9.17) is 0 Å². The molecule has 5 nitrogen and oxygen atoms in total. The third-order valence-corrected chi connectivity index (χ3v) is 5.97. The van der Waals surface area contributed by atoms with Gasteiger partial charge < -0.3 is 9.88 Å². The van der Waals surface area contributed by atoms with Gasteiger partial charge in [-0.25, -0.2) is 0 Å². The zero-order chi connectivity index (χ0) is 18.9. The minimum atomic E-state index is 0.0222. The number of benzene rings is 2. The van der Waals surface area contributed by atoms with Gasteiger partial charge in [0.2, 0.25) is 5.91 Å². The van der Waals surface area contributed by atoms with Gasteiger partial charge in [0.1, 0.15) is 0 Å². The van der Waals surface area contributed by atoms with Gasteiger partial charge in [-0.3, -0.25) is 4.79 Å². The monoisotopic (exact) mass is 398 g/mol. The molecule has 3 aromatic rings. The van der Waals surface area contributed by atoms with Crippen molar-refractivity contribution in [3.8, 4) is 11.4 Å². The smallest absolute Gasteiger partial charge is 0.230 e. The summed E-state index contributed by atoms with van der Waals surface area (Å²) in [6.07, 6.45) is 0.943. The minimum absolute atomic E-state index is 0.0222. The molecule has 1 amide bonds. The predicted octanol–water partition coefficient (Wildman–Crippen LogP) is 3.87. The van der Waals surface area contributed by atoms with Crippen LogP contribution in [0.4, 0.5) is 0 Å². The van der Waals surface area contributed by atoms with Crippen LogP contribution in [0.25, 0.3) is 11.4 Å². The van der Waals surface area contributed by atoms with Crippen molar-refractivity contribution < 1.29 is 4.79 Å². The Morgan fingerprint density at radius 3 is 2.44 bits per heavy atom. The number of nitrogens with zero attached hydrogens (tertiary/aromatic N) is 3. The fraction of sp³-hybridized carbons (Fsp3) is 0.250. The van der Waals surface area contributed by atoms with E-state index >= 15 is 0 Å². The molecule has 27 heavy (non-hydrogen) atoms. The van der Waals surface area contributed by atoms with Crippen molar-refractivity contribution in [2.24, 2.45) is 7.05 Å². The fourth-order valence-corrected chi connectivity index (χ4v) is 4.08. The number of hydrogen-bond donors (Lipinski definition) is 1. The largest absolute Gasteiger partial charge is 0.355 e. The van der Waals surface area contributed by atoms with Gasteiger partial charge in [0.25, 0.3) is 0 Å². The zero-order valence-electron chi connectivity index (χ0n) is 15.2. The summed E-state index contributed by atoms with van der Waals surface area (Å²) in [5.74, 6) is 2.15. The molecule has 0 saturated heterocycles. The first-order valence-corrected chi connectivity index (χ1v) is 10.7. The molecule has 0 aliphatic rings. The van der Waals surface area contributed by atoms with Crippen LogP contribution in [0.3, 0.4) is 0 Å². The Morgan fingerprint density at radius 1 is 1.00 bits per heavy atom. The lowest BCUT2D eigenvalue weighted by Gasteiger charge is -2.06. The van der Waals surface area contributed by atoms with Crippen LogP contribution < -0.4 is 5.32 Å². The molecule has 0 bridgehead atoms. The Kier molecular flexibility index (Phi) is 7.36. The maximum atomic E-state index is 12.0. The van der Waals surface area contributed by atoms with Crippen LogP contribution in [0.15, 0.2) is 70.7 Å². The predicted molar refractivity (Wildman–Crippen MR) is 112 cm³/mol. The number of rotatable bonds is 9. The lowest BCUT2D eigenvalue weighted by Crippen LogP contribution is -2.26. The second-order valence-electron chi connectivity index (χ2n) is 5.88. The number of hydrogen-bond acceptors (Lipinski definition) is 5. The van der Waals surface area contributed by atoms with Gasteiger partial charge in [-0.15, -0.1) is 22.0 Å². The van der Waals surface area contributed by atoms with E-state index in [2.05, 4.69) is 27.6 Å². The molecule has 0 unspecified atom stereocenters. The van der Waals surface area contributed by atoms with Crippen LogP contribution in [0.2, 0.25) is 0 Å². The Labute approximate surface area is 168 Å². The molecule has 0 aliphatic heterocycles. The second-order valence-corrected chi connectivity index (χ2v) is 8.00. The van der Waals surface area contributed by atoms with E-state index in [0.29, 0.717) is 12.3 Å². The van der Waals surface area contributed by atoms with Gasteiger partial charge in [-0.05, 0) is 24.3 Å². The Morgan fingerprint density at radius 2 is 1.70 bits per heavy atom. The summed E-state index contributed by atoms with van der Waals surface area (Å²) in [4.78, 5) is 13.3. The molecule has 0 aliphatic carbocycles. The van der Waals surface area contributed by atoms with Crippen molar-refractivity contribution in [1.29, 1.82) is 0 Å². The molecule has 140 valence electrons. The maximum Gasteiger partial charge on any atom is 0.230 e. The molecule has 1 aromatic heterocycles. The van der Waals surface area contributed by atoms with E-state index in [-0.39, 0.29) is 5.91 Å². The first-order valence-electron chi connectivity index (χ1n) is 8.76. The van der Waals surface area contributed by atoms with Crippen LogP contribution >= 0.6 is 23.5 Å². The molecule has 7 heteroatoms. The average molecular weight is 399 g/mol. The highest BCUT2D eigenvalue weighted by Gasteiger charge is 2.12. The van der Waals surface area contributed by atoms with E-state index < -0.39 is 0 Å². The van der Waals surface area contributed by atoms with Gasteiger partial charge in [0.05, 0.1) is 5.75 Å². The molecule has 0 spiro atoms. The van der Waals surface area contributed by atoms with Gasteiger partial charge in [-0.2, -0.15) is 0 Å². The van der Waals surface area contributed by atoms with Gasteiger partial charge in [0, 0.05) is 24.1 Å². The number of carbonyl (C=O) groups excluding carboxylic acids is 1. The van der Waals surface area contributed by atoms with E-state index in [1.165, 1.54) is 16.7 Å². The Hall–Kier alpha value is -2.25.